The molecule has 0 atom stereocenters. The molecule has 0 fully saturated rings. The van der Waals surface area contributed by atoms with E-state index in [1.165, 1.54) is 5.56 Å². The molecule has 0 aliphatic heterocycles. The van der Waals surface area contributed by atoms with Crippen LogP contribution in [0.2, 0.25) is 5.02 Å². The highest BCUT2D eigenvalue weighted by atomic mass is 35.5. The van der Waals surface area contributed by atoms with Gasteiger partial charge in [-0.2, -0.15) is 0 Å². The number of nitrogens with zero attached hydrogens (tertiary/aromatic N) is 2. The molecule has 0 amide bonds. The van der Waals surface area contributed by atoms with E-state index in [2.05, 4.69) is 54.5 Å². The van der Waals surface area contributed by atoms with Gasteiger partial charge in [0.15, 0.2) is 11.7 Å². The average molecular weight is 363 g/mol. The van der Waals surface area contributed by atoms with Gasteiger partial charge in [-0.15, -0.1) is 0 Å². The Morgan fingerprint density at radius 1 is 1.28 bits per heavy atom. The largest absolute Gasteiger partial charge is 0.359 e. The van der Waals surface area contributed by atoms with Crippen molar-refractivity contribution in [1.82, 2.24) is 15.8 Å². The standard InChI is InChI=1S/C19H27ClN4O/c1-13(2)17-10-16(25-24-17)11-22-18(21-5)23-12-19(3,4)14-7-6-8-15(20)9-14/h6-10,13H,11-12H2,1-5H3,(H2,21,22,23). The molecule has 0 saturated carbocycles. The van der Waals surface area contributed by atoms with E-state index in [0.29, 0.717) is 12.5 Å². The molecule has 2 N–H and O–H groups in total. The van der Waals surface area contributed by atoms with Gasteiger partial charge in [0, 0.05) is 30.1 Å². The van der Waals surface area contributed by atoms with E-state index >= 15 is 0 Å². The molecule has 1 heterocycles. The van der Waals surface area contributed by atoms with Gasteiger partial charge in [-0.3, -0.25) is 4.99 Å². The molecule has 1 aromatic heterocycles. The van der Waals surface area contributed by atoms with Gasteiger partial charge >= 0.3 is 0 Å². The Kier molecular flexibility index (Phi) is 6.48. The Hall–Kier alpha value is -2.01. The van der Waals surface area contributed by atoms with Crippen molar-refractivity contribution in [3.8, 4) is 0 Å². The van der Waals surface area contributed by atoms with E-state index < -0.39 is 0 Å². The molecule has 0 aliphatic rings. The van der Waals surface area contributed by atoms with Crippen LogP contribution in [0.15, 0.2) is 39.8 Å². The highest BCUT2D eigenvalue weighted by Crippen LogP contribution is 2.24. The molecule has 0 bridgehead atoms. The van der Waals surface area contributed by atoms with Gasteiger partial charge < -0.3 is 15.2 Å². The van der Waals surface area contributed by atoms with Crippen LogP contribution in [-0.4, -0.2) is 24.7 Å². The molecule has 0 saturated heterocycles. The first-order valence-electron chi connectivity index (χ1n) is 8.48. The fourth-order valence-electron chi connectivity index (χ4n) is 2.39. The van der Waals surface area contributed by atoms with Crippen LogP contribution in [-0.2, 0) is 12.0 Å². The fraction of sp³-hybridized carbons (Fsp3) is 0.474. The van der Waals surface area contributed by atoms with Crippen LogP contribution < -0.4 is 10.6 Å². The van der Waals surface area contributed by atoms with Gasteiger partial charge in [-0.1, -0.05) is 56.6 Å². The maximum absolute atomic E-state index is 6.11. The third-order valence-corrected chi connectivity index (χ3v) is 4.36. The monoisotopic (exact) mass is 362 g/mol. The second kappa shape index (κ2) is 8.39. The van der Waals surface area contributed by atoms with E-state index in [0.717, 1.165) is 29.0 Å². The molecule has 0 radical (unpaired) electrons. The molecule has 1 aromatic carbocycles. The summed E-state index contributed by atoms with van der Waals surface area (Å²) in [6, 6.07) is 9.93. The minimum atomic E-state index is -0.0838. The molecule has 6 heteroatoms. The number of halogens is 1. The molecule has 2 rings (SSSR count). The van der Waals surface area contributed by atoms with Crippen molar-refractivity contribution in [2.45, 2.75) is 45.6 Å². The van der Waals surface area contributed by atoms with E-state index in [4.69, 9.17) is 16.1 Å². The van der Waals surface area contributed by atoms with Gasteiger partial charge in [0.25, 0.3) is 0 Å². The number of guanidine groups is 1. The van der Waals surface area contributed by atoms with Crippen LogP contribution in [0, 0.1) is 0 Å². The maximum Gasteiger partial charge on any atom is 0.191 e. The Labute approximate surface area is 154 Å². The summed E-state index contributed by atoms with van der Waals surface area (Å²) in [5, 5.41) is 11.4. The highest BCUT2D eigenvalue weighted by molar-refractivity contribution is 6.30. The number of rotatable bonds is 6. The topological polar surface area (TPSA) is 62.5 Å². The molecule has 136 valence electrons. The van der Waals surface area contributed by atoms with E-state index in [-0.39, 0.29) is 5.41 Å². The maximum atomic E-state index is 6.11. The molecule has 5 nitrogen and oxygen atoms in total. The zero-order valence-electron chi connectivity index (χ0n) is 15.6. The van der Waals surface area contributed by atoms with Crippen molar-refractivity contribution in [2.75, 3.05) is 13.6 Å². The summed E-state index contributed by atoms with van der Waals surface area (Å²) in [7, 11) is 1.75. The number of aliphatic imine (C=N–C) groups is 1. The van der Waals surface area contributed by atoms with Crippen LogP contribution >= 0.6 is 11.6 Å². The van der Waals surface area contributed by atoms with Crippen LogP contribution in [0.4, 0.5) is 0 Å². The molecule has 0 spiro atoms. The number of benzene rings is 1. The minimum Gasteiger partial charge on any atom is -0.359 e. The number of aromatic nitrogens is 1. The SMILES string of the molecule is CN=C(NCc1cc(C(C)C)no1)NCC(C)(C)c1cccc(Cl)c1. The summed E-state index contributed by atoms with van der Waals surface area (Å²) in [5.74, 6) is 1.87. The van der Waals surface area contributed by atoms with Crippen LogP contribution in [0.3, 0.4) is 0 Å². The predicted octanol–water partition coefficient (Wildman–Crippen LogP) is 4.09. The lowest BCUT2D eigenvalue weighted by Gasteiger charge is -2.27. The van der Waals surface area contributed by atoms with E-state index in [1.54, 1.807) is 7.05 Å². The molecule has 25 heavy (non-hydrogen) atoms. The minimum absolute atomic E-state index is 0.0838. The zero-order valence-corrected chi connectivity index (χ0v) is 16.3. The van der Waals surface area contributed by atoms with Crippen molar-refractivity contribution in [2.24, 2.45) is 4.99 Å². The smallest absolute Gasteiger partial charge is 0.191 e. The van der Waals surface area contributed by atoms with Gasteiger partial charge in [-0.25, -0.2) is 0 Å². The van der Waals surface area contributed by atoms with Crippen molar-refractivity contribution in [3.05, 3.63) is 52.4 Å². The van der Waals surface area contributed by atoms with Gasteiger partial charge in [0.05, 0.1) is 12.2 Å². The summed E-state index contributed by atoms with van der Waals surface area (Å²) in [6.45, 7) is 9.78. The summed E-state index contributed by atoms with van der Waals surface area (Å²) < 4.78 is 5.34. The second-order valence-electron chi connectivity index (χ2n) is 7.05. The summed E-state index contributed by atoms with van der Waals surface area (Å²) in [5.41, 5.74) is 2.06. The molecule has 2 aromatic rings. The van der Waals surface area contributed by atoms with Crippen LogP contribution in [0.1, 0.15) is 50.6 Å². The Morgan fingerprint density at radius 2 is 2.04 bits per heavy atom. The quantitative estimate of drug-likeness (QED) is 0.600. The molecular weight excluding hydrogens is 336 g/mol. The summed E-state index contributed by atoms with van der Waals surface area (Å²) >= 11 is 6.11. The number of hydrogen-bond donors (Lipinski definition) is 2. The van der Waals surface area contributed by atoms with Crippen molar-refractivity contribution >= 4 is 17.6 Å². The zero-order chi connectivity index (χ0) is 18.4. The van der Waals surface area contributed by atoms with E-state index in [1.807, 2.05) is 24.3 Å². The predicted molar refractivity (Wildman–Crippen MR) is 103 cm³/mol. The van der Waals surface area contributed by atoms with Crippen LogP contribution in [0.25, 0.3) is 0 Å². The molecular formula is C19H27ClN4O. The Bertz CT molecular complexity index is 722. The van der Waals surface area contributed by atoms with E-state index in [9.17, 15) is 0 Å². The van der Waals surface area contributed by atoms with Gasteiger partial charge in [-0.05, 0) is 23.6 Å². The summed E-state index contributed by atoms with van der Waals surface area (Å²) in [6.07, 6.45) is 0. The lowest BCUT2D eigenvalue weighted by molar-refractivity contribution is 0.371. The third-order valence-electron chi connectivity index (χ3n) is 4.13. The van der Waals surface area contributed by atoms with Crippen molar-refractivity contribution in [1.29, 1.82) is 0 Å². The first-order valence-corrected chi connectivity index (χ1v) is 8.85. The highest BCUT2D eigenvalue weighted by Gasteiger charge is 2.21. The summed E-state index contributed by atoms with van der Waals surface area (Å²) in [4.78, 5) is 4.27. The Balaban J connectivity index is 1.91. The number of nitrogens with one attached hydrogen (secondary N) is 2. The van der Waals surface area contributed by atoms with Gasteiger partial charge in [0.2, 0.25) is 0 Å². The first-order chi connectivity index (χ1) is 11.8. The molecule has 0 aliphatic carbocycles. The number of hydrogen-bond acceptors (Lipinski definition) is 3. The fourth-order valence-corrected chi connectivity index (χ4v) is 2.58. The first kappa shape index (κ1) is 19.3. The lowest BCUT2D eigenvalue weighted by atomic mass is 9.84. The van der Waals surface area contributed by atoms with Crippen LogP contribution in [0.5, 0.6) is 0 Å². The van der Waals surface area contributed by atoms with Crippen molar-refractivity contribution < 1.29 is 4.52 Å². The van der Waals surface area contributed by atoms with Crippen molar-refractivity contribution in [3.63, 3.8) is 0 Å². The average Bonchev–Trinajstić information content (AvgIpc) is 3.04. The third kappa shape index (κ3) is 5.49. The van der Waals surface area contributed by atoms with Gasteiger partial charge in [0.1, 0.15) is 0 Å². The Morgan fingerprint density at radius 3 is 2.64 bits per heavy atom. The molecule has 0 unspecified atom stereocenters. The lowest BCUT2D eigenvalue weighted by Crippen LogP contribution is -2.43. The second-order valence-corrected chi connectivity index (χ2v) is 7.48. The normalized spacial score (nSPS) is 12.5.